The lowest BCUT2D eigenvalue weighted by molar-refractivity contribution is -0.268. The van der Waals surface area contributed by atoms with Gasteiger partial charge >= 0.3 is 23.9 Å². The van der Waals surface area contributed by atoms with Gasteiger partial charge < -0.3 is 9.84 Å². The summed E-state index contributed by atoms with van der Waals surface area (Å²) < 4.78 is 41.5. The molecule has 0 radical (unpaired) electrons. The number of esters is 1. The number of halogens is 3. The Bertz CT molecular complexity index is 357. The van der Waals surface area contributed by atoms with Crippen molar-refractivity contribution in [3.8, 4) is 0 Å². The molecule has 3 amide bonds. The van der Waals surface area contributed by atoms with Crippen LogP contribution in [0.4, 0.5) is 18.0 Å². The second kappa shape index (κ2) is 5.67. The van der Waals surface area contributed by atoms with Gasteiger partial charge in [0, 0.05) is 6.92 Å². The Morgan fingerprint density at radius 2 is 1.78 bits per heavy atom. The molecule has 0 aromatic heterocycles. The van der Waals surface area contributed by atoms with E-state index in [2.05, 4.69) is 4.74 Å². The second-order valence-electron chi connectivity index (χ2n) is 3.06. The number of urea groups is 1. The van der Waals surface area contributed by atoms with Crippen molar-refractivity contribution in [3.05, 3.63) is 0 Å². The first-order chi connectivity index (χ1) is 8.04. The summed E-state index contributed by atoms with van der Waals surface area (Å²) in [5.74, 6) is -3.07. The number of carbonyl (C=O) groups is 3. The number of alkyl halides is 3. The number of hydrogen-bond acceptors (Lipinski definition) is 5. The third-order valence-corrected chi connectivity index (χ3v) is 1.57. The van der Waals surface area contributed by atoms with Crippen LogP contribution in [0.1, 0.15) is 13.8 Å². The molecule has 0 bridgehead atoms. The molecule has 0 saturated heterocycles. The third-order valence-electron chi connectivity index (χ3n) is 1.57. The highest BCUT2D eigenvalue weighted by molar-refractivity contribution is 5.95. The zero-order valence-electron chi connectivity index (χ0n) is 9.42. The summed E-state index contributed by atoms with van der Waals surface area (Å²) in [6.45, 7) is 1.63. The number of imide groups is 1. The van der Waals surface area contributed by atoms with Crippen molar-refractivity contribution in [2.24, 2.45) is 0 Å². The maximum Gasteiger partial charge on any atom is 0.448 e. The first kappa shape index (κ1) is 16.2. The number of nitrogens with one attached hydrogen (secondary N) is 2. The predicted molar refractivity (Wildman–Crippen MR) is 50.0 cm³/mol. The Hall–Kier alpha value is -1.84. The van der Waals surface area contributed by atoms with Gasteiger partial charge in [0.1, 0.15) is 0 Å². The summed E-state index contributed by atoms with van der Waals surface area (Å²) in [5.41, 5.74) is -4.22. The first-order valence-corrected chi connectivity index (χ1v) is 4.60. The van der Waals surface area contributed by atoms with E-state index in [1.165, 1.54) is 12.2 Å². The molecule has 0 aliphatic rings. The van der Waals surface area contributed by atoms with E-state index in [1.807, 2.05) is 0 Å². The summed E-state index contributed by atoms with van der Waals surface area (Å²) in [6, 6.07) is -1.68. The molecular formula is C8H11F3N2O5. The largest absolute Gasteiger partial charge is 0.462 e. The molecule has 104 valence electrons. The smallest absolute Gasteiger partial charge is 0.448 e. The first-order valence-electron chi connectivity index (χ1n) is 4.60. The van der Waals surface area contributed by atoms with E-state index < -0.39 is 36.4 Å². The number of aliphatic hydroxyl groups is 1. The van der Waals surface area contributed by atoms with Gasteiger partial charge in [0.25, 0.3) is 0 Å². The number of ether oxygens (including phenoxy) is 1. The standard InChI is InChI=1S/C8H11F3N2O5/c1-3-18-5(15)7(17,8(9,10)11)13-6(16)12-4(2)14/h17H,3H2,1-2H3,(H2,12,13,14,16)/t7-/m1/s1. The predicted octanol–water partition coefficient (Wildman–Crippen LogP) is -0.354. The fraction of sp³-hybridized carbons (Fsp3) is 0.625. The molecule has 1 atom stereocenters. The molecule has 0 unspecified atom stereocenters. The van der Waals surface area contributed by atoms with Crippen LogP contribution in [0.25, 0.3) is 0 Å². The summed E-state index contributed by atoms with van der Waals surface area (Å²) in [7, 11) is 0. The molecule has 0 rings (SSSR count). The number of carbonyl (C=O) groups excluding carboxylic acids is 3. The quantitative estimate of drug-likeness (QED) is 0.481. The normalized spacial score (nSPS) is 14.3. The van der Waals surface area contributed by atoms with Crippen LogP contribution in [0.2, 0.25) is 0 Å². The van der Waals surface area contributed by atoms with Gasteiger partial charge in [0.2, 0.25) is 5.91 Å². The fourth-order valence-electron chi connectivity index (χ4n) is 0.829. The molecule has 3 N–H and O–H groups in total. The monoisotopic (exact) mass is 272 g/mol. The Morgan fingerprint density at radius 3 is 2.11 bits per heavy atom. The highest BCUT2D eigenvalue weighted by Crippen LogP contribution is 2.29. The molecule has 10 heteroatoms. The van der Waals surface area contributed by atoms with Crippen molar-refractivity contribution >= 4 is 17.9 Å². The van der Waals surface area contributed by atoms with Crippen LogP contribution >= 0.6 is 0 Å². The fourth-order valence-corrected chi connectivity index (χ4v) is 0.829. The minimum absolute atomic E-state index is 0.437. The second-order valence-corrected chi connectivity index (χ2v) is 3.06. The zero-order valence-corrected chi connectivity index (χ0v) is 9.42. The van der Waals surface area contributed by atoms with E-state index in [4.69, 9.17) is 5.11 Å². The van der Waals surface area contributed by atoms with Gasteiger partial charge in [-0.05, 0) is 6.92 Å². The van der Waals surface area contributed by atoms with Crippen LogP contribution in [0, 0.1) is 0 Å². The molecule has 0 aromatic carbocycles. The van der Waals surface area contributed by atoms with Crippen molar-refractivity contribution < 1.29 is 37.4 Å². The molecule has 0 spiro atoms. The van der Waals surface area contributed by atoms with Crippen molar-refractivity contribution in [2.45, 2.75) is 25.7 Å². The Kier molecular flexibility index (Phi) is 5.09. The lowest BCUT2D eigenvalue weighted by Gasteiger charge is -2.28. The van der Waals surface area contributed by atoms with Gasteiger partial charge in [-0.3, -0.25) is 15.4 Å². The number of amides is 3. The van der Waals surface area contributed by atoms with Crippen LogP contribution < -0.4 is 10.6 Å². The summed E-state index contributed by atoms with van der Waals surface area (Å²) in [5, 5.41) is 11.5. The van der Waals surface area contributed by atoms with Crippen LogP contribution in [-0.2, 0) is 14.3 Å². The van der Waals surface area contributed by atoms with E-state index in [9.17, 15) is 27.6 Å². The average Bonchev–Trinajstić information content (AvgIpc) is 2.14. The van der Waals surface area contributed by atoms with Crippen LogP contribution in [0.15, 0.2) is 0 Å². The molecule has 0 saturated carbocycles. The Labute approximate surface area is 99.3 Å². The van der Waals surface area contributed by atoms with Gasteiger partial charge in [-0.25, -0.2) is 9.59 Å². The average molecular weight is 272 g/mol. The van der Waals surface area contributed by atoms with Crippen LogP contribution in [0.3, 0.4) is 0 Å². The van der Waals surface area contributed by atoms with E-state index in [0.29, 0.717) is 0 Å². The van der Waals surface area contributed by atoms with Gasteiger partial charge in [-0.15, -0.1) is 0 Å². The summed E-state index contributed by atoms with van der Waals surface area (Å²) in [6.07, 6.45) is -5.51. The number of hydrogen-bond donors (Lipinski definition) is 3. The molecule has 0 aromatic rings. The molecule has 0 heterocycles. The molecule has 7 nitrogen and oxygen atoms in total. The Morgan fingerprint density at radius 1 is 1.28 bits per heavy atom. The molecule has 0 fully saturated rings. The summed E-state index contributed by atoms with van der Waals surface area (Å²) >= 11 is 0. The van der Waals surface area contributed by atoms with Crippen LogP contribution in [-0.4, -0.2) is 41.5 Å². The highest BCUT2D eigenvalue weighted by atomic mass is 19.4. The maximum absolute atomic E-state index is 12.5. The van der Waals surface area contributed by atoms with Gasteiger partial charge in [-0.1, -0.05) is 0 Å². The van der Waals surface area contributed by atoms with E-state index in [1.54, 1.807) is 0 Å². The zero-order chi connectivity index (χ0) is 14.6. The van der Waals surface area contributed by atoms with Crippen molar-refractivity contribution in [1.29, 1.82) is 0 Å². The van der Waals surface area contributed by atoms with Crippen molar-refractivity contribution in [2.75, 3.05) is 6.61 Å². The van der Waals surface area contributed by atoms with Gasteiger partial charge in [0.05, 0.1) is 6.61 Å². The highest BCUT2D eigenvalue weighted by Gasteiger charge is 2.62. The number of rotatable bonds is 3. The van der Waals surface area contributed by atoms with Crippen LogP contribution in [0.5, 0.6) is 0 Å². The molecule has 0 aliphatic heterocycles. The minimum Gasteiger partial charge on any atom is -0.462 e. The maximum atomic E-state index is 12.5. The minimum atomic E-state index is -5.51. The van der Waals surface area contributed by atoms with E-state index in [0.717, 1.165) is 12.2 Å². The topological polar surface area (TPSA) is 105 Å². The SMILES string of the molecule is CCOC(=O)[C@](O)(NC(=O)NC(C)=O)C(F)(F)F. The van der Waals surface area contributed by atoms with Gasteiger partial charge in [0.15, 0.2) is 0 Å². The molecule has 18 heavy (non-hydrogen) atoms. The van der Waals surface area contributed by atoms with Gasteiger partial charge in [-0.2, -0.15) is 13.2 Å². The van der Waals surface area contributed by atoms with Crippen molar-refractivity contribution in [1.82, 2.24) is 10.6 Å². The third kappa shape index (κ3) is 3.87. The lowest BCUT2D eigenvalue weighted by Crippen LogP contribution is -2.66. The Balaban J connectivity index is 5.07. The lowest BCUT2D eigenvalue weighted by atomic mass is 10.2. The summed E-state index contributed by atoms with van der Waals surface area (Å²) in [4.78, 5) is 32.4. The van der Waals surface area contributed by atoms with E-state index in [-0.39, 0.29) is 0 Å². The molecule has 0 aliphatic carbocycles. The molecular weight excluding hydrogens is 261 g/mol. The van der Waals surface area contributed by atoms with Crippen molar-refractivity contribution in [3.63, 3.8) is 0 Å². The van der Waals surface area contributed by atoms with E-state index >= 15 is 0 Å².